The molecule has 0 radical (unpaired) electrons. The molecule has 0 aliphatic carbocycles. The molecular formula is C13H10ClNa2O3P. The van der Waals surface area contributed by atoms with Crippen molar-refractivity contribution in [3.8, 4) is 0 Å². The zero-order valence-electron chi connectivity index (χ0n) is 11.3. The fourth-order valence-corrected chi connectivity index (χ4v) is 2.98. The maximum Gasteiger partial charge on any atom is 1.00 e. The first-order chi connectivity index (χ1) is 8.46. The first-order valence-corrected chi connectivity index (χ1v) is 7.20. The molecule has 0 bridgehead atoms. The summed E-state index contributed by atoms with van der Waals surface area (Å²) in [5, 5.41) is 0. The fraction of sp³-hybridized carbons (Fsp3) is 0.0769. The van der Waals surface area contributed by atoms with E-state index in [0.29, 0.717) is 0 Å². The van der Waals surface area contributed by atoms with Gasteiger partial charge in [0.1, 0.15) is 4.62 Å². The van der Waals surface area contributed by atoms with E-state index in [1.165, 1.54) is 24.3 Å². The third kappa shape index (κ3) is 4.21. The van der Waals surface area contributed by atoms with Crippen LogP contribution in [0.4, 0.5) is 0 Å². The number of hydrogen-bond acceptors (Lipinski definition) is 3. The summed E-state index contributed by atoms with van der Waals surface area (Å²) in [4.78, 5) is 23.2. The van der Waals surface area contributed by atoms with Crippen LogP contribution >= 0.6 is 19.2 Å². The van der Waals surface area contributed by atoms with Crippen LogP contribution in [0.1, 0.15) is 11.1 Å². The van der Waals surface area contributed by atoms with E-state index in [4.69, 9.17) is 11.6 Å². The van der Waals surface area contributed by atoms with Gasteiger partial charge in [-0.25, -0.2) is 0 Å². The molecule has 0 aliphatic rings. The van der Waals surface area contributed by atoms with Gasteiger partial charge in [0.15, 0.2) is 0 Å². The predicted molar refractivity (Wildman–Crippen MR) is 67.1 cm³/mol. The summed E-state index contributed by atoms with van der Waals surface area (Å²) in [6.07, 6.45) is 0. The first kappa shape index (κ1) is 20.9. The summed E-state index contributed by atoms with van der Waals surface area (Å²) < 4.78 is 9.53. The maximum atomic E-state index is 11.6. The van der Waals surface area contributed by atoms with Crippen LogP contribution in [0.5, 0.6) is 0 Å². The van der Waals surface area contributed by atoms with E-state index in [2.05, 4.69) is 0 Å². The van der Waals surface area contributed by atoms with Gasteiger partial charge in [0.25, 0.3) is 0 Å². The Kier molecular flexibility index (Phi) is 8.87. The van der Waals surface area contributed by atoms with E-state index in [0.717, 1.165) is 0 Å². The van der Waals surface area contributed by atoms with Gasteiger partial charge in [-0.3, -0.25) is 0 Å². The summed E-state index contributed by atoms with van der Waals surface area (Å²) in [5.74, 6) is 0. The average Bonchev–Trinajstić information content (AvgIpc) is 2.38. The van der Waals surface area contributed by atoms with Crippen molar-refractivity contribution in [3.05, 3.63) is 71.8 Å². The topological polar surface area (TPSA) is 63.2 Å². The van der Waals surface area contributed by atoms with Crippen LogP contribution in [0.15, 0.2) is 60.7 Å². The average molecular weight is 327 g/mol. The zero-order chi connectivity index (χ0) is 13.2. The minimum atomic E-state index is -5.07. The molecule has 0 saturated heterocycles. The molecule has 7 heteroatoms. The Bertz CT molecular complexity index is 535. The van der Waals surface area contributed by atoms with Gasteiger partial charge in [0.05, 0.1) is 0 Å². The van der Waals surface area contributed by atoms with Crippen molar-refractivity contribution in [2.24, 2.45) is 0 Å². The SMILES string of the molecule is O=P([O-])([O-])C(Cl)(c1ccccc1)c1ccccc1.[Na+].[Na+]. The predicted octanol–water partition coefficient (Wildman–Crippen LogP) is -3.95. The molecule has 20 heavy (non-hydrogen) atoms. The molecule has 2 aromatic carbocycles. The molecule has 0 N–H and O–H groups in total. The maximum absolute atomic E-state index is 11.6. The Morgan fingerprint density at radius 2 is 1.10 bits per heavy atom. The summed E-state index contributed by atoms with van der Waals surface area (Å²) in [6.45, 7) is 0. The van der Waals surface area contributed by atoms with E-state index in [1.807, 2.05) is 0 Å². The standard InChI is InChI=1S/C13H12ClO3P.2Na/c14-13(18(15,16)17,11-7-3-1-4-8-11)12-9-5-2-6-10-12;;/h1-10H,(H2,15,16,17);;/q;2*+1/p-2. The summed E-state index contributed by atoms with van der Waals surface area (Å²) >= 11 is 6.18. The molecule has 0 aliphatic heterocycles. The Hall–Kier alpha value is 0.880. The Morgan fingerprint density at radius 1 is 0.800 bits per heavy atom. The number of benzene rings is 2. The van der Waals surface area contributed by atoms with Crippen molar-refractivity contribution in [1.82, 2.24) is 0 Å². The molecule has 3 nitrogen and oxygen atoms in total. The molecule has 0 amide bonds. The third-order valence-electron chi connectivity index (χ3n) is 2.69. The van der Waals surface area contributed by atoms with E-state index in [-0.39, 0.29) is 70.2 Å². The summed E-state index contributed by atoms with van der Waals surface area (Å²) in [6, 6.07) is 16.2. The van der Waals surface area contributed by atoms with Crippen molar-refractivity contribution in [3.63, 3.8) is 0 Å². The second-order valence-electron chi connectivity index (χ2n) is 3.85. The number of hydrogen-bond donors (Lipinski definition) is 0. The van der Waals surface area contributed by atoms with Crippen LogP contribution in [0.25, 0.3) is 0 Å². The van der Waals surface area contributed by atoms with Gasteiger partial charge in [-0.2, -0.15) is 0 Å². The summed E-state index contributed by atoms with van der Waals surface area (Å²) in [7, 11) is -5.07. The molecule has 2 aromatic rings. The van der Waals surface area contributed by atoms with Gasteiger partial charge in [-0.05, 0) is 18.7 Å². The molecule has 0 aromatic heterocycles. The fourth-order valence-electron chi connectivity index (χ4n) is 1.80. The normalized spacial score (nSPS) is 11.2. The molecule has 94 valence electrons. The molecule has 0 saturated carbocycles. The molecule has 2 rings (SSSR count). The number of halogens is 1. The van der Waals surface area contributed by atoms with Gasteiger partial charge in [0, 0.05) is 0 Å². The van der Waals surface area contributed by atoms with Crippen molar-refractivity contribution in [2.45, 2.75) is 4.62 Å². The third-order valence-corrected chi connectivity index (χ3v) is 5.02. The number of rotatable bonds is 3. The molecule has 0 spiro atoms. The van der Waals surface area contributed by atoms with Gasteiger partial charge in [-0.1, -0.05) is 60.7 Å². The van der Waals surface area contributed by atoms with Crippen LogP contribution in [-0.4, -0.2) is 0 Å². The van der Waals surface area contributed by atoms with E-state index in [1.54, 1.807) is 36.4 Å². The quantitative estimate of drug-likeness (QED) is 0.329. The van der Waals surface area contributed by atoms with Crippen molar-refractivity contribution in [2.75, 3.05) is 0 Å². The van der Waals surface area contributed by atoms with Crippen LogP contribution in [0.3, 0.4) is 0 Å². The molecule has 0 atom stereocenters. The van der Waals surface area contributed by atoms with Crippen LogP contribution < -0.4 is 68.9 Å². The minimum absolute atomic E-state index is 0. The minimum Gasteiger partial charge on any atom is -0.809 e. The number of alkyl halides is 1. The van der Waals surface area contributed by atoms with Crippen molar-refractivity contribution >= 4 is 19.2 Å². The van der Waals surface area contributed by atoms with Crippen LogP contribution in [0.2, 0.25) is 0 Å². The van der Waals surface area contributed by atoms with Gasteiger partial charge < -0.3 is 14.4 Å². The van der Waals surface area contributed by atoms with Gasteiger partial charge in [-0.15, -0.1) is 11.6 Å². The monoisotopic (exact) mass is 326 g/mol. The smallest absolute Gasteiger partial charge is 0.809 e. The molecule has 0 fully saturated rings. The summed E-state index contributed by atoms with van der Waals surface area (Å²) in [5.41, 5.74) is 0.511. The largest absolute Gasteiger partial charge is 1.00 e. The Labute approximate surface area is 167 Å². The second kappa shape index (κ2) is 8.50. The van der Waals surface area contributed by atoms with E-state index < -0.39 is 12.2 Å². The van der Waals surface area contributed by atoms with Gasteiger partial charge in [0.2, 0.25) is 0 Å². The van der Waals surface area contributed by atoms with Gasteiger partial charge >= 0.3 is 59.1 Å². The molecule has 0 unspecified atom stereocenters. The van der Waals surface area contributed by atoms with Crippen molar-refractivity contribution in [1.29, 1.82) is 0 Å². The Balaban J connectivity index is 0.00000180. The van der Waals surface area contributed by atoms with Crippen LogP contribution in [0, 0.1) is 0 Å². The van der Waals surface area contributed by atoms with E-state index in [9.17, 15) is 14.4 Å². The zero-order valence-corrected chi connectivity index (χ0v) is 17.0. The van der Waals surface area contributed by atoms with E-state index >= 15 is 0 Å². The first-order valence-electron chi connectivity index (χ1n) is 5.28. The van der Waals surface area contributed by atoms with Crippen LogP contribution in [-0.2, 0) is 9.18 Å². The Morgan fingerprint density at radius 3 is 1.35 bits per heavy atom. The molecule has 0 heterocycles. The second-order valence-corrected chi connectivity index (χ2v) is 6.35. The van der Waals surface area contributed by atoms with Crippen molar-refractivity contribution < 1.29 is 73.5 Å². The molecular weight excluding hydrogens is 317 g/mol.